The van der Waals surface area contributed by atoms with Crippen molar-refractivity contribution < 1.29 is 14.3 Å². The van der Waals surface area contributed by atoms with Crippen LogP contribution in [0, 0.1) is 0 Å². The van der Waals surface area contributed by atoms with E-state index in [4.69, 9.17) is 27.9 Å². The van der Waals surface area contributed by atoms with Crippen LogP contribution in [0.15, 0.2) is 12.1 Å². The molecule has 0 bridgehead atoms. The highest BCUT2D eigenvalue weighted by molar-refractivity contribution is 6.32. The van der Waals surface area contributed by atoms with Crippen LogP contribution in [-0.4, -0.2) is 17.7 Å². The van der Waals surface area contributed by atoms with Gasteiger partial charge in [-0.15, -0.1) is 0 Å². The molecule has 0 unspecified atom stereocenters. The van der Waals surface area contributed by atoms with Crippen molar-refractivity contribution >= 4 is 29.4 Å². The molecule has 1 aromatic heterocycles. The van der Waals surface area contributed by atoms with Crippen molar-refractivity contribution in [1.29, 1.82) is 0 Å². The van der Waals surface area contributed by atoms with E-state index in [0.717, 1.165) is 0 Å². The first-order chi connectivity index (χ1) is 6.61. The fourth-order valence-electron chi connectivity index (χ4n) is 0.745. The number of carbonyl (C=O) groups excluding carboxylic acids is 1. The lowest BCUT2D eigenvalue weighted by Crippen LogP contribution is -2.10. The molecule has 0 N–H and O–H groups in total. The summed E-state index contributed by atoms with van der Waals surface area (Å²) < 4.78 is 9.30. The normalized spacial score (nSPS) is 9.64. The Kier molecular flexibility index (Phi) is 3.98. The first-order valence-electron chi connectivity index (χ1n) is 3.79. The van der Waals surface area contributed by atoms with Gasteiger partial charge >= 0.3 is 6.16 Å². The number of ether oxygens (including phenoxy) is 2. The molecule has 0 saturated heterocycles. The van der Waals surface area contributed by atoms with Gasteiger partial charge in [-0.2, -0.15) is 0 Å². The van der Waals surface area contributed by atoms with E-state index in [0.29, 0.717) is 0 Å². The Hall–Kier alpha value is -1.00. The molecule has 6 heteroatoms. The maximum atomic E-state index is 10.9. The summed E-state index contributed by atoms with van der Waals surface area (Å²) in [4.78, 5) is 14.6. The van der Waals surface area contributed by atoms with Crippen molar-refractivity contribution in [1.82, 2.24) is 4.98 Å². The van der Waals surface area contributed by atoms with Crippen LogP contribution in [0.5, 0.6) is 5.75 Å². The van der Waals surface area contributed by atoms with E-state index in [-0.39, 0.29) is 22.7 Å². The van der Waals surface area contributed by atoms with Crippen LogP contribution in [0.3, 0.4) is 0 Å². The van der Waals surface area contributed by atoms with Gasteiger partial charge in [-0.3, -0.25) is 0 Å². The minimum absolute atomic E-state index is 0.150. The number of carbonyl (C=O) groups is 1. The molecule has 0 aliphatic heterocycles. The molecule has 0 aliphatic carbocycles. The van der Waals surface area contributed by atoms with Crippen molar-refractivity contribution in [2.24, 2.45) is 0 Å². The molecule has 1 rings (SSSR count). The molecule has 0 aromatic carbocycles. The lowest BCUT2D eigenvalue weighted by molar-refractivity contribution is 0.104. The van der Waals surface area contributed by atoms with Gasteiger partial charge in [-0.25, -0.2) is 9.78 Å². The zero-order chi connectivity index (χ0) is 10.6. The van der Waals surface area contributed by atoms with Gasteiger partial charge in [0, 0.05) is 12.1 Å². The molecule has 0 spiro atoms. The summed E-state index contributed by atoms with van der Waals surface area (Å²) in [5.74, 6) is 0.202. The van der Waals surface area contributed by atoms with Crippen LogP contribution in [-0.2, 0) is 4.74 Å². The second kappa shape index (κ2) is 5.02. The summed E-state index contributed by atoms with van der Waals surface area (Å²) in [7, 11) is 0. The van der Waals surface area contributed by atoms with Gasteiger partial charge in [0.15, 0.2) is 0 Å². The average Bonchev–Trinajstić information content (AvgIpc) is 2.01. The SMILES string of the molecule is CCOC(=O)Oc1cc(Cl)nc(Cl)c1. The lowest BCUT2D eigenvalue weighted by Gasteiger charge is -2.03. The number of nitrogens with zero attached hydrogens (tertiary/aromatic N) is 1. The summed E-state index contributed by atoms with van der Waals surface area (Å²) in [5, 5.41) is 0.300. The predicted octanol–water partition coefficient (Wildman–Crippen LogP) is 2.92. The number of hydrogen-bond acceptors (Lipinski definition) is 4. The maximum absolute atomic E-state index is 10.9. The van der Waals surface area contributed by atoms with E-state index >= 15 is 0 Å². The van der Waals surface area contributed by atoms with E-state index in [2.05, 4.69) is 9.72 Å². The standard InChI is InChI=1S/C8H7Cl2NO3/c1-2-13-8(12)14-5-3-6(9)11-7(10)4-5/h3-4H,2H2,1H3. The van der Waals surface area contributed by atoms with Gasteiger partial charge in [0.25, 0.3) is 0 Å². The zero-order valence-corrected chi connectivity index (χ0v) is 8.80. The third kappa shape index (κ3) is 3.40. The highest BCUT2D eigenvalue weighted by Gasteiger charge is 2.07. The number of pyridine rings is 1. The number of hydrogen-bond donors (Lipinski definition) is 0. The van der Waals surface area contributed by atoms with Crippen LogP contribution in [0.1, 0.15) is 6.92 Å². The van der Waals surface area contributed by atoms with E-state index in [1.165, 1.54) is 12.1 Å². The molecule has 1 aromatic rings. The van der Waals surface area contributed by atoms with Crippen molar-refractivity contribution in [3.8, 4) is 5.75 Å². The summed E-state index contributed by atoms with van der Waals surface area (Å²) in [5.41, 5.74) is 0. The van der Waals surface area contributed by atoms with Gasteiger partial charge in [-0.1, -0.05) is 23.2 Å². The monoisotopic (exact) mass is 235 g/mol. The van der Waals surface area contributed by atoms with Crippen LogP contribution in [0.25, 0.3) is 0 Å². The van der Waals surface area contributed by atoms with E-state index < -0.39 is 6.16 Å². The Morgan fingerprint density at radius 3 is 2.50 bits per heavy atom. The first kappa shape index (κ1) is 11.1. The molecule has 0 atom stereocenters. The Balaban J connectivity index is 2.71. The highest BCUT2D eigenvalue weighted by atomic mass is 35.5. The molecule has 0 aliphatic rings. The van der Waals surface area contributed by atoms with Gasteiger partial charge < -0.3 is 9.47 Å². The van der Waals surface area contributed by atoms with Crippen LogP contribution >= 0.6 is 23.2 Å². The molecular formula is C8H7Cl2NO3. The summed E-state index contributed by atoms with van der Waals surface area (Å²) in [6, 6.07) is 2.73. The Labute approximate surface area is 90.7 Å². The quantitative estimate of drug-likeness (QED) is 0.585. The van der Waals surface area contributed by atoms with Crippen LogP contribution in [0.4, 0.5) is 4.79 Å². The van der Waals surface area contributed by atoms with Crippen LogP contribution < -0.4 is 4.74 Å². The molecule has 14 heavy (non-hydrogen) atoms. The van der Waals surface area contributed by atoms with Gasteiger partial charge in [-0.05, 0) is 6.92 Å². The summed E-state index contributed by atoms with van der Waals surface area (Å²) in [6.07, 6.45) is -0.800. The molecule has 0 amide bonds. The van der Waals surface area contributed by atoms with E-state index in [1.807, 2.05) is 0 Å². The molecule has 0 fully saturated rings. The molecule has 0 saturated carbocycles. The van der Waals surface area contributed by atoms with Gasteiger partial charge in [0.05, 0.1) is 6.61 Å². The predicted molar refractivity (Wildman–Crippen MR) is 51.9 cm³/mol. The lowest BCUT2D eigenvalue weighted by atomic mass is 10.4. The Morgan fingerprint density at radius 2 is 2.00 bits per heavy atom. The van der Waals surface area contributed by atoms with Gasteiger partial charge in [0.1, 0.15) is 16.1 Å². The fourth-order valence-corrected chi connectivity index (χ4v) is 1.19. The van der Waals surface area contributed by atoms with Crippen molar-refractivity contribution in [2.75, 3.05) is 6.61 Å². The molecular weight excluding hydrogens is 229 g/mol. The summed E-state index contributed by atoms with van der Waals surface area (Å²) in [6.45, 7) is 1.92. The highest BCUT2D eigenvalue weighted by Crippen LogP contribution is 2.20. The fraction of sp³-hybridized carbons (Fsp3) is 0.250. The topological polar surface area (TPSA) is 48.4 Å². The molecule has 0 radical (unpaired) electrons. The third-order valence-electron chi connectivity index (χ3n) is 1.20. The minimum atomic E-state index is -0.800. The van der Waals surface area contributed by atoms with Crippen molar-refractivity contribution in [2.45, 2.75) is 6.92 Å². The summed E-state index contributed by atoms with van der Waals surface area (Å²) >= 11 is 11.2. The van der Waals surface area contributed by atoms with Gasteiger partial charge in [0.2, 0.25) is 0 Å². The Bertz CT molecular complexity index is 323. The molecule has 1 heterocycles. The molecule has 76 valence electrons. The largest absolute Gasteiger partial charge is 0.513 e. The third-order valence-corrected chi connectivity index (χ3v) is 1.59. The van der Waals surface area contributed by atoms with E-state index in [9.17, 15) is 4.79 Å². The van der Waals surface area contributed by atoms with Crippen LogP contribution in [0.2, 0.25) is 10.3 Å². The Morgan fingerprint density at radius 1 is 1.43 bits per heavy atom. The van der Waals surface area contributed by atoms with E-state index in [1.54, 1.807) is 6.92 Å². The number of rotatable bonds is 2. The molecule has 4 nitrogen and oxygen atoms in total. The number of halogens is 2. The van der Waals surface area contributed by atoms with Crippen molar-refractivity contribution in [3.05, 3.63) is 22.4 Å². The smallest absolute Gasteiger partial charge is 0.434 e. The average molecular weight is 236 g/mol. The maximum Gasteiger partial charge on any atom is 0.513 e. The first-order valence-corrected chi connectivity index (χ1v) is 4.55. The zero-order valence-electron chi connectivity index (χ0n) is 7.29. The second-order valence-corrected chi connectivity index (χ2v) is 3.01. The number of aromatic nitrogens is 1. The van der Waals surface area contributed by atoms with Crippen molar-refractivity contribution in [3.63, 3.8) is 0 Å². The minimum Gasteiger partial charge on any atom is -0.434 e. The second-order valence-electron chi connectivity index (χ2n) is 2.23.